The first-order chi connectivity index (χ1) is 14.3. The van der Waals surface area contributed by atoms with E-state index in [9.17, 15) is 4.79 Å². The van der Waals surface area contributed by atoms with Crippen LogP contribution in [0.15, 0.2) is 53.7 Å². The molecule has 0 saturated carbocycles. The van der Waals surface area contributed by atoms with Crippen molar-refractivity contribution in [1.82, 2.24) is 15.2 Å². The predicted octanol–water partition coefficient (Wildman–Crippen LogP) is 2.38. The summed E-state index contributed by atoms with van der Waals surface area (Å²) in [7, 11) is 0. The summed E-state index contributed by atoms with van der Waals surface area (Å²) in [6, 6.07) is 14.0. The smallest absolute Gasteiger partial charge is 0.231 e. The zero-order valence-electron chi connectivity index (χ0n) is 17.3. The Morgan fingerprint density at radius 2 is 1.87 bits per heavy atom. The number of aliphatic imine (C=N–C) groups is 1. The lowest BCUT2D eigenvalue weighted by atomic mass is 10.2. The molecule has 2 aliphatic heterocycles. The highest BCUT2D eigenvalue weighted by Crippen LogP contribution is 2.27. The van der Waals surface area contributed by atoms with E-state index >= 15 is 0 Å². The highest BCUT2D eigenvalue weighted by atomic mass is 127. The Hall–Kier alpha value is -2.36. The number of anilines is 2. The highest BCUT2D eigenvalue weighted by Gasteiger charge is 2.26. The van der Waals surface area contributed by atoms with Crippen LogP contribution in [0.1, 0.15) is 12.5 Å². The largest absolute Gasteiger partial charge is 0.357 e. The molecule has 0 radical (unpaired) electrons. The van der Waals surface area contributed by atoms with Gasteiger partial charge in [0.1, 0.15) is 5.82 Å². The van der Waals surface area contributed by atoms with Gasteiger partial charge in [0, 0.05) is 51.2 Å². The van der Waals surface area contributed by atoms with E-state index in [0.717, 1.165) is 55.8 Å². The van der Waals surface area contributed by atoms with E-state index < -0.39 is 0 Å². The van der Waals surface area contributed by atoms with E-state index in [1.807, 2.05) is 47.5 Å². The number of carbonyl (C=O) groups excluding carboxylic acids is 1. The Morgan fingerprint density at radius 3 is 2.60 bits per heavy atom. The van der Waals surface area contributed by atoms with Crippen LogP contribution < -0.4 is 15.1 Å². The number of nitrogens with zero attached hydrogens (tertiary/aromatic N) is 5. The fourth-order valence-corrected chi connectivity index (χ4v) is 3.93. The van der Waals surface area contributed by atoms with Gasteiger partial charge in [0.05, 0.1) is 13.0 Å². The Kier molecular flexibility index (Phi) is 7.89. The van der Waals surface area contributed by atoms with Crippen LogP contribution in [-0.4, -0.2) is 67.6 Å². The van der Waals surface area contributed by atoms with E-state index in [2.05, 4.69) is 33.1 Å². The number of halogens is 1. The van der Waals surface area contributed by atoms with Crippen molar-refractivity contribution in [3.63, 3.8) is 0 Å². The van der Waals surface area contributed by atoms with Gasteiger partial charge in [0.25, 0.3) is 0 Å². The Morgan fingerprint density at radius 1 is 1.10 bits per heavy atom. The number of carbonyl (C=O) groups is 1. The van der Waals surface area contributed by atoms with Gasteiger partial charge >= 0.3 is 0 Å². The lowest BCUT2D eigenvalue weighted by Crippen LogP contribution is -2.53. The van der Waals surface area contributed by atoms with Crippen molar-refractivity contribution in [2.24, 2.45) is 4.99 Å². The molecule has 2 aliphatic rings. The molecule has 8 heteroatoms. The Labute approximate surface area is 195 Å². The number of guanidine groups is 1. The van der Waals surface area contributed by atoms with Crippen LogP contribution in [0, 0.1) is 0 Å². The summed E-state index contributed by atoms with van der Waals surface area (Å²) in [6.45, 7) is 7.73. The summed E-state index contributed by atoms with van der Waals surface area (Å²) >= 11 is 0. The van der Waals surface area contributed by atoms with E-state index in [1.165, 1.54) is 0 Å². The van der Waals surface area contributed by atoms with Crippen LogP contribution in [0.4, 0.5) is 11.5 Å². The lowest BCUT2D eigenvalue weighted by molar-refractivity contribution is -0.117. The van der Waals surface area contributed by atoms with Crippen LogP contribution in [0.5, 0.6) is 0 Å². The van der Waals surface area contributed by atoms with Crippen molar-refractivity contribution in [2.45, 2.75) is 13.3 Å². The number of benzene rings is 1. The molecule has 30 heavy (non-hydrogen) atoms. The quantitative estimate of drug-likeness (QED) is 0.373. The number of nitrogens with one attached hydrogen (secondary N) is 1. The van der Waals surface area contributed by atoms with Crippen molar-refractivity contribution in [3.8, 4) is 0 Å². The summed E-state index contributed by atoms with van der Waals surface area (Å²) in [4.78, 5) is 28.1. The molecule has 1 fully saturated rings. The van der Waals surface area contributed by atoms with Gasteiger partial charge in [-0.15, -0.1) is 24.0 Å². The van der Waals surface area contributed by atoms with Gasteiger partial charge in [-0.05, 0) is 30.7 Å². The number of aromatic nitrogens is 1. The monoisotopic (exact) mass is 520 g/mol. The molecule has 7 nitrogen and oxygen atoms in total. The fraction of sp³-hybridized carbons (Fsp3) is 0.409. The minimum Gasteiger partial charge on any atom is -0.357 e. The van der Waals surface area contributed by atoms with Crippen molar-refractivity contribution in [2.75, 3.05) is 55.6 Å². The molecule has 1 aromatic carbocycles. The molecule has 0 aliphatic carbocycles. The number of fused-ring (bicyclic) bond motifs is 1. The molecule has 1 N–H and O–H groups in total. The Balaban J connectivity index is 0.00000256. The highest BCUT2D eigenvalue weighted by molar-refractivity contribution is 14.0. The molecule has 3 heterocycles. The molecule has 2 aromatic rings. The van der Waals surface area contributed by atoms with Crippen LogP contribution in [-0.2, 0) is 11.2 Å². The standard InChI is InChI=1S/C22H28N6O.HI/c1-2-23-22(27-15-13-26(14-16-27)20-9-5-6-10-24-20)25-11-12-28-19-8-4-3-7-18(19)17-21(28)29;/h3-10H,2,11-17H2,1H3,(H,23,25);1H. The van der Waals surface area contributed by atoms with Crippen LogP contribution in [0.25, 0.3) is 0 Å². The summed E-state index contributed by atoms with van der Waals surface area (Å²) in [5.74, 6) is 2.11. The van der Waals surface area contributed by atoms with E-state index in [4.69, 9.17) is 4.99 Å². The normalized spacial score (nSPS) is 16.4. The molecule has 0 unspecified atom stereocenters. The minimum atomic E-state index is 0. The van der Waals surface area contributed by atoms with Crippen LogP contribution in [0.3, 0.4) is 0 Å². The zero-order valence-corrected chi connectivity index (χ0v) is 19.7. The molecular weight excluding hydrogens is 491 g/mol. The lowest BCUT2D eigenvalue weighted by Gasteiger charge is -2.37. The number of para-hydroxylation sites is 1. The number of hydrogen-bond acceptors (Lipinski definition) is 4. The van der Waals surface area contributed by atoms with Crippen molar-refractivity contribution >= 4 is 47.3 Å². The van der Waals surface area contributed by atoms with Gasteiger partial charge < -0.3 is 20.0 Å². The molecular formula is C22H29IN6O. The van der Waals surface area contributed by atoms with E-state index in [-0.39, 0.29) is 29.9 Å². The molecule has 1 amide bonds. The first-order valence-electron chi connectivity index (χ1n) is 10.3. The van der Waals surface area contributed by atoms with Crippen molar-refractivity contribution in [3.05, 3.63) is 54.2 Å². The van der Waals surface area contributed by atoms with Gasteiger partial charge in [-0.3, -0.25) is 9.79 Å². The predicted molar refractivity (Wildman–Crippen MR) is 132 cm³/mol. The summed E-state index contributed by atoms with van der Waals surface area (Å²) in [5.41, 5.74) is 2.14. The maximum absolute atomic E-state index is 12.3. The topological polar surface area (TPSA) is 64.1 Å². The second kappa shape index (κ2) is 10.6. The van der Waals surface area contributed by atoms with Gasteiger partial charge in [-0.2, -0.15) is 0 Å². The third-order valence-electron chi connectivity index (χ3n) is 5.40. The molecule has 0 spiro atoms. The summed E-state index contributed by atoms with van der Waals surface area (Å²) in [6.07, 6.45) is 2.33. The minimum absolute atomic E-state index is 0. The summed E-state index contributed by atoms with van der Waals surface area (Å²) in [5, 5.41) is 3.40. The van der Waals surface area contributed by atoms with Gasteiger partial charge in [0.2, 0.25) is 5.91 Å². The molecule has 0 bridgehead atoms. The third kappa shape index (κ3) is 5.03. The van der Waals surface area contributed by atoms with E-state index in [0.29, 0.717) is 19.5 Å². The molecule has 1 saturated heterocycles. The number of amides is 1. The second-order valence-electron chi connectivity index (χ2n) is 7.25. The average molecular weight is 520 g/mol. The average Bonchev–Trinajstić information content (AvgIpc) is 3.09. The number of hydrogen-bond donors (Lipinski definition) is 1. The number of rotatable bonds is 5. The Bertz CT molecular complexity index is 867. The molecule has 1 aromatic heterocycles. The molecule has 0 atom stereocenters. The van der Waals surface area contributed by atoms with Crippen molar-refractivity contribution in [1.29, 1.82) is 0 Å². The van der Waals surface area contributed by atoms with Gasteiger partial charge in [-0.1, -0.05) is 24.3 Å². The van der Waals surface area contributed by atoms with E-state index in [1.54, 1.807) is 0 Å². The first kappa shape index (κ1) is 22.3. The zero-order chi connectivity index (χ0) is 20.1. The van der Waals surface area contributed by atoms with Gasteiger partial charge in [0.15, 0.2) is 5.96 Å². The maximum Gasteiger partial charge on any atom is 0.231 e. The number of piperazine rings is 1. The van der Waals surface area contributed by atoms with Crippen LogP contribution in [0.2, 0.25) is 0 Å². The third-order valence-corrected chi connectivity index (χ3v) is 5.40. The second-order valence-corrected chi connectivity index (χ2v) is 7.25. The van der Waals surface area contributed by atoms with Crippen LogP contribution >= 0.6 is 24.0 Å². The maximum atomic E-state index is 12.3. The van der Waals surface area contributed by atoms with Gasteiger partial charge in [-0.25, -0.2) is 4.98 Å². The fourth-order valence-electron chi connectivity index (χ4n) is 3.93. The first-order valence-corrected chi connectivity index (χ1v) is 10.3. The number of pyridine rings is 1. The summed E-state index contributed by atoms with van der Waals surface area (Å²) < 4.78 is 0. The SMILES string of the molecule is CCNC(=NCCN1C(=O)Cc2ccccc21)N1CCN(c2ccccn2)CC1.I. The molecule has 160 valence electrons. The van der Waals surface area contributed by atoms with Crippen molar-refractivity contribution < 1.29 is 4.79 Å². The molecule has 4 rings (SSSR count).